The van der Waals surface area contributed by atoms with Crippen LogP contribution in [0.2, 0.25) is 0 Å². The molecule has 142 valence electrons. The fourth-order valence-electron chi connectivity index (χ4n) is 3.46. The molecule has 2 heterocycles. The molecule has 0 spiro atoms. The van der Waals surface area contributed by atoms with Crippen molar-refractivity contribution >= 4 is 11.8 Å². The molecule has 1 aliphatic rings. The molecule has 0 bridgehead atoms. The molecule has 0 radical (unpaired) electrons. The summed E-state index contributed by atoms with van der Waals surface area (Å²) >= 11 is 0. The molecule has 6 nitrogen and oxygen atoms in total. The number of nitrogens with one attached hydrogen (secondary N) is 1. The average molecular weight is 367 g/mol. The molecule has 1 fully saturated rings. The van der Waals surface area contributed by atoms with Crippen LogP contribution in [-0.4, -0.2) is 52.3 Å². The van der Waals surface area contributed by atoms with E-state index in [9.17, 15) is 14.4 Å². The number of aromatic nitrogens is 1. The molecule has 1 aromatic carbocycles. The van der Waals surface area contributed by atoms with Gasteiger partial charge in [0.2, 0.25) is 5.91 Å². The number of hydrogen-bond acceptors (Lipinski definition) is 3. The smallest absolute Gasteiger partial charge is 0.255 e. The van der Waals surface area contributed by atoms with Crippen LogP contribution in [0.15, 0.2) is 47.4 Å². The Kier molecular flexibility index (Phi) is 5.44. The second-order valence-corrected chi connectivity index (χ2v) is 7.35. The molecule has 3 rings (SSSR count). The molecule has 1 atom stereocenters. The normalized spacial score (nSPS) is 17.5. The summed E-state index contributed by atoms with van der Waals surface area (Å²) < 4.78 is 0. The SMILES string of the molecule is CC(C)CN1CCN(C(=O)c2cccc(-c3ccc[nH]c3=O)c2)[C@H](C)C1=O. The highest BCUT2D eigenvalue weighted by atomic mass is 16.2. The molecule has 6 heteroatoms. The first kappa shape index (κ1) is 18.9. The molecule has 2 aromatic rings. The van der Waals surface area contributed by atoms with Crippen molar-refractivity contribution in [1.82, 2.24) is 14.8 Å². The van der Waals surface area contributed by atoms with Crippen molar-refractivity contribution < 1.29 is 9.59 Å². The highest BCUT2D eigenvalue weighted by Gasteiger charge is 2.34. The van der Waals surface area contributed by atoms with Gasteiger partial charge in [-0.15, -0.1) is 0 Å². The number of carbonyl (C=O) groups excluding carboxylic acids is 2. The Balaban J connectivity index is 1.83. The summed E-state index contributed by atoms with van der Waals surface area (Å²) in [4.78, 5) is 43.8. The van der Waals surface area contributed by atoms with Crippen LogP contribution >= 0.6 is 0 Å². The molecule has 27 heavy (non-hydrogen) atoms. The summed E-state index contributed by atoms with van der Waals surface area (Å²) in [5.74, 6) is 0.192. The largest absolute Gasteiger partial charge is 0.339 e. The molecule has 1 aromatic heterocycles. The first-order valence-electron chi connectivity index (χ1n) is 9.26. The van der Waals surface area contributed by atoms with E-state index >= 15 is 0 Å². The molecule has 0 unspecified atom stereocenters. The molecular formula is C21H25N3O3. The summed E-state index contributed by atoms with van der Waals surface area (Å²) in [7, 11) is 0. The second-order valence-electron chi connectivity index (χ2n) is 7.35. The Morgan fingerprint density at radius 2 is 1.96 bits per heavy atom. The van der Waals surface area contributed by atoms with Crippen molar-refractivity contribution in [3.05, 3.63) is 58.5 Å². The molecule has 0 aliphatic carbocycles. The molecule has 0 saturated carbocycles. The van der Waals surface area contributed by atoms with E-state index in [1.807, 2.05) is 4.90 Å². The Hall–Kier alpha value is -2.89. The van der Waals surface area contributed by atoms with E-state index < -0.39 is 6.04 Å². The van der Waals surface area contributed by atoms with E-state index in [2.05, 4.69) is 18.8 Å². The van der Waals surface area contributed by atoms with Crippen LogP contribution in [0.4, 0.5) is 0 Å². The van der Waals surface area contributed by atoms with Crippen molar-refractivity contribution in [2.75, 3.05) is 19.6 Å². The van der Waals surface area contributed by atoms with Crippen LogP contribution in [-0.2, 0) is 4.79 Å². The molecule has 2 amide bonds. The molecule has 1 saturated heterocycles. The van der Waals surface area contributed by atoms with Gasteiger partial charge in [-0.05, 0) is 42.7 Å². The van der Waals surface area contributed by atoms with Crippen LogP contribution in [0.3, 0.4) is 0 Å². The summed E-state index contributed by atoms with van der Waals surface area (Å²) in [6, 6.07) is 9.98. The number of H-pyrrole nitrogens is 1. The zero-order valence-corrected chi connectivity index (χ0v) is 15.9. The number of benzene rings is 1. The van der Waals surface area contributed by atoms with Crippen molar-refractivity contribution in [1.29, 1.82) is 0 Å². The third kappa shape index (κ3) is 3.94. The molecule has 1 aliphatic heterocycles. The van der Waals surface area contributed by atoms with E-state index in [0.29, 0.717) is 42.2 Å². The minimum Gasteiger partial charge on any atom is -0.339 e. The van der Waals surface area contributed by atoms with Crippen molar-refractivity contribution in [3.8, 4) is 11.1 Å². The van der Waals surface area contributed by atoms with E-state index in [4.69, 9.17) is 0 Å². The van der Waals surface area contributed by atoms with Gasteiger partial charge in [-0.2, -0.15) is 0 Å². The highest BCUT2D eigenvalue weighted by Crippen LogP contribution is 2.20. The van der Waals surface area contributed by atoms with E-state index in [1.54, 1.807) is 54.4 Å². The molecular weight excluding hydrogens is 342 g/mol. The summed E-state index contributed by atoms with van der Waals surface area (Å²) in [5, 5.41) is 0. The minimum absolute atomic E-state index is 0.0149. The quantitative estimate of drug-likeness (QED) is 0.902. The second kappa shape index (κ2) is 7.78. The zero-order valence-electron chi connectivity index (χ0n) is 15.9. The van der Waals surface area contributed by atoms with Gasteiger partial charge < -0.3 is 14.8 Å². The van der Waals surface area contributed by atoms with Crippen LogP contribution in [0.5, 0.6) is 0 Å². The van der Waals surface area contributed by atoms with Crippen molar-refractivity contribution in [2.24, 2.45) is 5.92 Å². The van der Waals surface area contributed by atoms with Gasteiger partial charge in [-0.3, -0.25) is 14.4 Å². The number of nitrogens with zero attached hydrogens (tertiary/aromatic N) is 2. The summed E-state index contributed by atoms with van der Waals surface area (Å²) in [6.45, 7) is 7.69. The van der Waals surface area contributed by atoms with Gasteiger partial charge in [0.25, 0.3) is 11.5 Å². The van der Waals surface area contributed by atoms with Gasteiger partial charge in [-0.1, -0.05) is 26.0 Å². The van der Waals surface area contributed by atoms with Gasteiger partial charge in [0.1, 0.15) is 6.04 Å². The van der Waals surface area contributed by atoms with Crippen LogP contribution in [0, 0.1) is 5.92 Å². The topological polar surface area (TPSA) is 73.5 Å². The van der Waals surface area contributed by atoms with E-state index in [0.717, 1.165) is 0 Å². The van der Waals surface area contributed by atoms with Gasteiger partial charge in [0.15, 0.2) is 0 Å². The lowest BCUT2D eigenvalue weighted by Crippen LogP contribution is -2.58. The minimum atomic E-state index is -0.492. The first-order valence-corrected chi connectivity index (χ1v) is 9.26. The van der Waals surface area contributed by atoms with Gasteiger partial charge in [0, 0.05) is 37.0 Å². The Labute approximate surface area is 158 Å². The summed E-state index contributed by atoms with van der Waals surface area (Å²) in [6.07, 6.45) is 1.57. The lowest BCUT2D eigenvalue weighted by molar-refractivity contribution is -0.140. The van der Waals surface area contributed by atoms with Crippen molar-refractivity contribution in [3.63, 3.8) is 0 Å². The number of hydrogen-bond donors (Lipinski definition) is 1. The van der Waals surface area contributed by atoms with Gasteiger partial charge >= 0.3 is 0 Å². The standard InChI is InChI=1S/C21H25N3O3/c1-14(2)13-23-10-11-24(15(3)20(23)26)21(27)17-7-4-6-16(12-17)18-8-5-9-22-19(18)25/h4-9,12,14-15H,10-11,13H2,1-3H3,(H,22,25)/t15-/m1/s1. The van der Waals surface area contributed by atoms with E-state index in [1.165, 1.54) is 0 Å². The number of aromatic amines is 1. The number of amides is 2. The van der Waals surface area contributed by atoms with Gasteiger partial charge in [-0.25, -0.2) is 0 Å². The maximum absolute atomic E-state index is 13.0. The third-order valence-electron chi connectivity index (χ3n) is 4.83. The Bertz CT molecular complexity index is 903. The Morgan fingerprint density at radius 1 is 1.19 bits per heavy atom. The summed E-state index contributed by atoms with van der Waals surface area (Å²) in [5.41, 5.74) is 1.47. The third-order valence-corrected chi connectivity index (χ3v) is 4.83. The fraction of sp³-hybridized carbons (Fsp3) is 0.381. The molecule has 1 N–H and O–H groups in total. The maximum Gasteiger partial charge on any atom is 0.255 e. The number of pyridine rings is 1. The van der Waals surface area contributed by atoms with Crippen LogP contribution in [0.1, 0.15) is 31.1 Å². The van der Waals surface area contributed by atoms with Crippen LogP contribution < -0.4 is 5.56 Å². The number of carbonyl (C=O) groups is 2. The fourth-order valence-corrected chi connectivity index (χ4v) is 3.46. The average Bonchev–Trinajstić information content (AvgIpc) is 2.65. The van der Waals surface area contributed by atoms with E-state index in [-0.39, 0.29) is 17.4 Å². The zero-order chi connectivity index (χ0) is 19.6. The lowest BCUT2D eigenvalue weighted by atomic mass is 10.0. The highest BCUT2D eigenvalue weighted by molar-refractivity contribution is 5.99. The predicted molar refractivity (Wildman–Crippen MR) is 104 cm³/mol. The number of rotatable bonds is 4. The first-order chi connectivity index (χ1) is 12.9. The monoisotopic (exact) mass is 367 g/mol. The van der Waals surface area contributed by atoms with Gasteiger partial charge in [0.05, 0.1) is 0 Å². The van der Waals surface area contributed by atoms with Crippen LogP contribution in [0.25, 0.3) is 11.1 Å². The Morgan fingerprint density at radius 3 is 2.67 bits per heavy atom. The predicted octanol–water partition coefficient (Wildman–Crippen LogP) is 2.37. The number of piperazine rings is 1. The van der Waals surface area contributed by atoms with Crippen molar-refractivity contribution in [2.45, 2.75) is 26.8 Å². The lowest BCUT2D eigenvalue weighted by Gasteiger charge is -2.39. The maximum atomic E-state index is 13.0.